The molecule has 0 bridgehead atoms. The smallest absolute Gasteiger partial charge is 0.407 e. The summed E-state index contributed by atoms with van der Waals surface area (Å²) in [6, 6.07) is 23.3. The van der Waals surface area contributed by atoms with Gasteiger partial charge in [-0.05, 0) is 34.7 Å². The minimum Gasteiger partial charge on any atom is -0.479 e. The summed E-state index contributed by atoms with van der Waals surface area (Å²) in [5.74, 6) is -1.56. The van der Waals surface area contributed by atoms with Crippen molar-refractivity contribution in [2.75, 3.05) is 6.61 Å². The summed E-state index contributed by atoms with van der Waals surface area (Å²) >= 11 is 0. The van der Waals surface area contributed by atoms with Crippen LogP contribution >= 0.6 is 0 Å². The fourth-order valence-corrected chi connectivity index (χ4v) is 4.08. The second-order valence-electron chi connectivity index (χ2n) is 7.77. The second kappa shape index (κ2) is 8.24. The van der Waals surface area contributed by atoms with E-state index in [2.05, 4.69) is 5.32 Å². The molecular weight excluding hydrogens is 394 g/mol. The predicted octanol–water partition coefficient (Wildman–Crippen LogP) is 4.10. The molecule has 0 radical (unpaired) electrons. The van der Waals surface area contributed by atoms with Crippen molar-refractivity contribution in [1.82, 2.24) is 5.32 Å². The molecule has 1 aliphatic carbocycles. The number of ether oxygens (including phenoxy) is 1. The number of benzene rings is 3. The molecule has 1 amide bonds. The topological polar surface area (TPSA) is 95.9 Å². The molecule has 31 heavy (non-hydrogen) atoms. The number of carboxylic acid groups (broad SMARTS) is 1. The number of aliphatic carboxylic acids is 1. The van der Waals surface area contributed by atoms with Gasteiger partial charge in [-0.2, -0.15) is 0 Å². The number of fused-ring (bicyclic) bond motifs is 3. The number of carbonyl (C=O) groups excluding carboxylic acids is 1. The van der Waals surface area contributed by atoms with Crippen molar-refractivity contribution in [1.29, 1.82) is 0 Å². The molecule has 0 spiro atoms. The van der Waals surface area contributed by atoms with Gasteiger partial charge in [0.1, 0.15) is 6.61 Å². The standard InChI is InChI=1S/C25H23NO5/c1-25(30,23(27)28)22(16-9-3-2-4-10-16)26-24(29)31-15-21-19-13-7-5-11-17(19)18-12-6-8-14-20(18)21/h2-14,21-22,30H,15H2,1H3,(H,26,29)(H,27,28). The van der Waals surface area contributed by atoms with E-state index < -0.39 is 23.7 Å². The van der Waals surface area contributed by atoms with Crippen molar-refractivity contribution in [3.8, 4) is 11.1 Å². The lowest BCUT2D eigenvalue weighted by molar-refractivity contribution is -0.159. The van der Waals surface area contributed by atoms with Crippen LogP contribution in [0.15, 0.2) is 78.9 Å². The monoisotopic (exact) mass is 417 g/mol. The Hall–Kier alpha value is -3.64. The first kappa shape index (κ1) is 20.6. The van der Waals surface area contributed by atoms with Gasteiger partial charge in [-0.1, -0.05) is 78.9 Å². The predicted molar refractivity (Wildman–Crippen MR) is 116 cm³/mol. The average Bonchev–Trinajstić information content (AvgIpc) is 3.10. The Balaban J connectivity index is 1.53. The zero-order chi connectivity index (χ0) is 22.0. The van der Waals surface area contributed by atoms with Gasteiger partial charge in [0, 0.05) is 5.92 Å². The third kappa shape index (κ3) is 3.90. The SMILES string of the molecule is CC(O)(C(=O)O)C(NC(=O)OCC1c2ccccc2-c2ccccc21)c1ccccc1. The van der Waals surface area contributed by atoms with E-state index in [0.29, 0.717) is 5.56 Å². The van der Waals surface area contributed by atoms with E-state index in [1.54, 1.807) is 30.3 Å². The van der Waals surface area contributed by atoms with Crippen molar-refractivity contribution < 1.29 is 24.5 Å². The van der Waals surface area contributed by atoms with Crippen LogP contribution in [0.4, 0.5) is 4.79 Å². The van der Waals surface area contributed by atoms with Crippen molar-refractivity contribution in [3.05, 3.63) is 95.6 Å². The maximum Gasteiger partial charge on any atom is 0.407 e. The normalized spacial score (nSPS) is 15.3. The molecule has 3 aromatic carbocycles. The lowest BCUT2D eigenvalue weighted by Gasteiger charge is -2.30. The van der Waals surface area contributed by atoms with Crippen LogP contribution in [0.3, 0.4) is 0 Å². The molecule has 0 fully saturated rings. The molecule has 6 nitrogen and oxygen atoms in total. The maximum absolute atomic E-state index is 12.6. The van der Waals surface area contributed by atoms with Crippen molar-refractivity contribution >= 4 is 12.1 Å². The minimum absolute atomic E-state index is 0.0938. The van der Waals surface area contributed by atoms with E-state index in [9.17, 15) is 19.8 Å². The van der Waals surface area contributed by atoms with Gasteiger partial charge in [0.25, 0.3) is 0 Å². The van der Waals surface area contributed by atoms with Crippen molar-refractivity contribution in [3.63, 3.8) is 0 Å². The van der Waals surface area contributed by atoms with Gasteiger partial charge in [-0.3, -0.25) is 0 Å². The number of rotatable bonds is 6. The highest BCUT2D eigenvalue weighted by molar-refractivity contribution is 5.80. The summed E-state index contributed by atoms with van der Waals surface area (Å²) in [5.41, 5.74) is 2.63. The Labute approximate surface area is 180 Å². The molecular formula is C25H23NO5. The van der Waals surface area contributed by atoms with E-state index in [-0.39, 0.29) is 12.5 Å². The first-order chi connectivity index (χ1) is 14.9. The Bertz CT molecular complexity index is 1060. The highest BCUT2D eigenvalue weighted by Gasteiger charge is 2.42. The van der Waals surface area contributed by atoms with Gasteiger partial charge < -0.3 is 20.3 Å². The number of aliphatic hydroxyl groups is 1. The Morgan fingerprint density at radius 3 is 2.00 bits per heavy atom. The number of amides is 1. The number of hydrogen-bond acceptors (Lipinski definition) is 4. The number of carbonyl (C=O) groups is 2. The summed E-state index contributed by atoms with van der Waals surface area (Å²) in [5, 5.41) is 22.5. The lowest BCUT2D eigenvalue weighted by Crippen LogP contribution is -2.49. The molecule has 4 rings (SSSR count). The van der Waals surface area contributed by atoms with E-state index in [0.717, 1.165) is 29.2 Å². The molecule has 0 heterocycles. The lowest BCUT2D eigenvalue weighted by atomic mass is 9.90. The van der Waals surface area contributed by atoms with Gasteiger partial charge in [0.15, 0.2) is 5.60 Å². The van der Waals surface area contributed by atoms with Crippen LogP contribution in [0.25, 0.3) is 11.1 Å². The van der Waals surface area contributed by atoms with Gasteiger partial charge >= 0.3 is 12.1 Å². The second-order valence-corrected chi connectivity index (χ2v) is 7.77. The van der Waals surface area contributed by atoms with Crippen molar-refractivity contribution in [2.24, 2.45) is 0 Å². The highest BCUT2D eigenvalue weighted by Crippen LogP contribution is 2.44. The molecule has 158 valence electrons. The van der Waals surface area contributed by atoms with Crippen LogP contribution < -0.4 is 5.32 Å². The van der Waals surface area contributed by atoms with Gasteiger partial charge in [0.05, 0.1) is 6.04 Å². The van der Waals surface area contributed by atoms with Crippen LogP contribution in [-0.2, 0) is 9.53 Å². The zero-order valence-electron chi connectivity index (χ0n) is 17.0. The molecule has 1 aliphatic rings. The third-order valence-electron chi connectivity index (χ3n) is 5.73. The summed E-state index contributed by atoms with van der Waals surface area (Å²) < 4.78 is 5.51. The van der Waals surface area contributed by atoms with E-state index in [4.69, 9.17) is 4.74 Å². The van der Waals surface area contributed by atoms with Gasteiger partial charge in [0.2, 0.25) is 0 Å². The van der Waals surface area contributed by atoms with Crippen LogP contribution in [0, 0.1) is 0 Å². The fourth-order valence-electron chi connectivity index (χ4n) is 4.08. The fraction of sp³-hybridized carbons (Fsp3) is 0.200. The molecule has 6 heteroatoms. The molecule has 3 N–H and O–H groups in total. The summed E-state index contributed by atoms with van der Waals surface area (Å²) in [6.07, 6.45) is -0.794. The quantitative estimate of drug-likeness (QED) is 0.561. The first-order valence-electron chi connectivity index (χ1n) is 10.0. The van der Waals surface area contributed by atoms with E-state index in [1.165, 1.54) is 0 Å². The molecule has 0 saturated carbocycles. The molecule has 2 atom stereocenters. The van der Waals surface area contributed by atoms with E-state index >= 15 is 0 Å². The molecule has 0 aliphatic heterocycles. The molecule has 0 aromatic heterocycles. The maximum atomic E-state index is 12.6. The summed E-state index contributed by atoms with van der Waals surface area (Å²) in [4.78, 5) is 24.3. The Morgan fingerprint density at radius 1 is 0.935 bits per heavy atom. The van der Waals surface area contributed by atoms with Crippen LogP contribution in [-0.4, -0.2) is 34.5 Å². The molecule has 2 unspecified atom stereocenters. The third-order valence-corrected chi connectivity index (χ3v) is 5.73. The average molecular weight is 417 g/mol. The van der Waals surface area contributed by atoms with Crippen LogP contribution in [0.1, 0.15) is 35.6 Å². The number of hydrogen-bond donors (Lipinski definition) is 3. The largest absolute Gasteiger partial charge is 0.479 e. The number of carboxylic acids is 1. The van der Waals surface area contributed by atoms with Crippen molar-refractivity contribution in [2.45, 2.75) is 24.5 Å². The zero-order valence-corrected chi connectivity index (χ0v) is 17.0. The molecule has 0 saturated heterocycles. The van der Waals surface area contributed by atoms with Crippen LogP contribution in [0.5, 0.6) is 0 Å². The minimum atomic E-state index is -2.22. The number of alkyl carbamates (subject to hydrolysis) is 1. The summed E-state index contributed by atoms with van der Waals surface area (Å²) in [6.45, 7) is 1.24. The highest BCUT2D eigenvalue weighted by atomic mass is 16.5. The Morgan fingerprint density at radius 2 is 1.45 bits per heavy atom. The Kier molecular flexibility index (Phi) is 5.48. The van der Waals surface area contributed by atoms with Gasteiger partial charge in [-0.25, -0.2) is 9.59 Å². The molecule has 3 aromatic rings. The summed E-state index contributed by atoms with van der Waals surface area (Å²) in [7, 11) is 0. The van der Waals surface area contributed by atoms with Crippen LogP contribution in [0.2, 0.25) is 0 Å². The van der Waals surface area contributed by atoms with Gasteiger partial charge in [-0.15, -0.1) is 0 Å². The van der Waals surface area contributed by atoms with E-state index in [1.807, 2.05) is 48.5 Å². The number of nitrogens with one attached hydrogen (secondary N) is 1. The first-order valence-corrected chi connectivity index (χ1v) is 10.0.